The zero-order valence-corrected chi connectivity index (χ0v) is 16.0. The van der Waals surface area contributed by atoms with Crippen molar-refractivity contribution in [2.75, 3.05) is 36.0 Å². The highest BCUT2D eigenvalue weighted by atomic mass is 35.5. The van der Waals surface area contributed by atoms with E-state index in [0.29, 0.717) is 5.95 Å². The predicted octanol–water partition coefficient (Wildman–Crippen LogP) is 2.86. The second kappa shape index (κ2) is 7.43. The quantitative estimate of drug-likeness (QED) is 0.491. The maximum Gasteiger partial charge on any atom is 0.307 e. The molecular formula is C18H18ClN7O2. The molecular weight excluding hydrogens is 382 g/mol. The number of aryl methyl sites for hydroxylation is 1. The molecule has 2 aromatic heterocycles. The average Bonchev–Trinajstić information content (AvgIpc) is 3.19. The maximum atomic E-state index is 10.9. The van der Waals surface area contributed by atoms with Crippen molar-refractivity contribution < 1.29 is 4.92 Å². The van der Waals surface area contributed by atoms with Crippen LogP contribution in [0.4, 0.5) is 17.2 Å². The van der Waals surface area contributed by atoms with E-state index < -0.39 is 4.92 Å². The van der Waals surface area contributed by atoms with Crippen LogP contribution in [-0.4, -0.2) is 50.9 Å². The van der Waals surface area contributed by atoms with Crippen LogP contribution in [-0.2, 0) is 0 Å². The third-order valence-electron chi connectivity index (χ3n) is 4.61. The van der Waals surface area contributed by atoms with Crippen molar-refractivity contribution in [3.8, 4) is 5.95 Å². The summed E-state index contributed by atoms with van der Waals surface area (Å²) >= 11 is 6.31. The van der Waals surface area contributed by atoms with Gasteiger partial charge in [0, 0.05) is 37.9 Å². The van der Waals surface area contributed by atoms with Crippen molar-refractivity contribution >= 4 is 28.8 Å². The number of rotatable bonds is 4. The Kier molecular flexibility index (Phi) is 4.82. The number of hydrogen-bond donors (Lipinski definition) is 0. The van der Waals surface area contributed by atoms with Crippen LogP contribution in [0.25, 0.3) is 5.95 Å². The van der Waals surface area contributed by atoms with E-state index in [2.05, 4.69) is 24.9 Å². The maximum absolute atomic E-state index is 10.9. The minimum absolute atomic E-state index is 0.0972. The van der Waals surface area contributed by atoms with Crippen LogP contribution in [0.3, 0.4) is 0 Å². The normalized spacial score (nSPS) is 14.4. The lowest BCUT2D eigenvalue weighted by atomic mass is 10.2. The molecule has 1 aromatic carbocycles. The van der Waals surface area contributed by atoms with Crippen LogP contribution in [0.15, 0.2) is 42.7 Å². The van der Waals surface area contributed by atoms with Crippen molar-refractivity contribution in [3.05, 3.63) is 63.6 Å². The van der Waals surface area contributed by atoms with Gasteiger partial charge in [-0.25, -0.2) is 4.98 Å². The van der Waals surface area contributed by atoms with Crippen molar-refractivity contribution in [2.45, 2.75) is 6.92 Å². The number of para-hydroxylation sites is 1. The van der Waals surface area contributed by atoms with E-state index in [1.54, 1.807) is 0 Å². The lowest BCUT2D eigenvalue weighted by Gasteiger charge is -2.37. The van der Waals surface area contributed by atoms with Gasteiger partial charge in [-0.3, -0.25) is 10.1 Å². The molecule has 0 aliphatic carbocycles. The highest BCUT2D eigenvalue weighted by molar-refractivity contribution is 6.33. The van der Waals surface area contributed by atoms with Crippen molar-refractivity contribution in [1.29, 1.82) is 0 Å². The Morgan fingerprint density at radius 1 is 1.11 bits per heavy atom. The van der Waals surface area contributed by atoms with E-state index in [0.717, 1.165) is 48.4 Å². The number of benzene rings is 1. The summed E-state index contributed by atoms with van der Waals surface area (Å²) in [6.45, 7) is 5.05. The Morgan fingerprint density at radius 2 is 1.82 bits per heavy atom. The molecule has 3 heterocycles. The van der Waals surface area contributed by atoms with Crippen molar-refractivity contribution in [3.63, 3.8) is 0 Å². The zero-order valence-electron chi connectivity index (χ0n) is 15.2. The van der Waals surface area contributed by atoms with Crippen LogP contribution in [0, 0.1) is 17.0 Å². The third-order valence-corrected chi connectivity index (χ3v) is 4.93. The van der Waals surface area contributed by atoms with Gasteiger partial charge in [0.05, 0.1) is 15.6 Å². The second-order valence-corrected chi connectivity index (χ2v) is 6.90. The summed E-state index contributed by atoms with van der Waals surface area (Å²) in [5.41, 5.74) is 1.71. The van der Waals surface area contributed by atoms with E-state index >= 15 is 0 Å². The second-order valence-electron chi connectivity index (χ2n) is 6.49. The molecule has 3 aromatic rings. The number of aromatic nitrogens is 4. The first-order valence-electron chi connectivity index (χ1n) is 8.81. The molecule has 9 nitrogen and oxygen atoms in total. The molecule has 0 atom stereocenters. The first-order valence-corrected chi connectivity index (χ1v) is 9.18. The van der Waals surface area contributed by atoms with Gasteiger partial charge in [0.15, 0.2) is 0 Å². The van der Waals surface area contributed by atoms with E-state index in [4.69, 9.17) is 11.6 Å². The Balaban J connectivity index is 1.53. The summed E-state index contributed by atoms with van der Waals surface area (Å²) in [6, 6.07) is 9.73. The average molecular weight is 400 g/mol. The number of hydrogen-bond acceptors (Lipinski definition) is 7. The molecule has 0 radical (unpaired) electrons. The number of nitrogens with zero attached hydrogens (tertiary/aromatic N) is 7. The van der Waals surface area contributed by atoms with Gasteiger partial charge in [0.2, 0.25) is 0 Å². The Morgan fingerprint density at radius 3 is 2.50 bits per heavy atom. The lowest BCUT2D eigenvalue weighted by molar-refractivity contribution is -0.384. The minimum atomic E-state index is -0.492. The zero-order chi connectivity index (χ0) is 19.7. The molecule has 1 aliphatic heterocycles. The number of anilines is 2. The Labute approximate surface area is 166 Å². The first-order chi connectivity index (χ1) is 13.5. The summed E-state index contributed by atoms with van der Waals surface area (Å²) in [6.07, 6.45) is 2.50. The van der Waals surface area contributed by atoms with E-state index in [1.165, 1.54) is 17.1 Å². The van der Waals surface area contributed by atoms with Crippen LogP contribution in [0.2, 0.25) is 5.02 Å². The largest absolute Gasteiger partial charge is 0.367 e. The van der Waals surface area contributed by atoms with E-state index in [1.807, 2.05) is 37.3 Å². The molecule has 1 aliphatic rings. The molecule has 4 rings (SSSR count). The fourth-order valence-corrected chi connectivity index (χ4v) is 3.46. The molecule has 1 saturated heterocycles. The van der Waals surface area contributed by atoms with Gasteiger partial charge in [0.25, 0.3) is 5.95 Å². The Bertz CT molecular complexity index is 1010. The summed E-state index contributed by atoms with van der Waals surface area (Å²) in [4.78, 5) is 23.7. The van der Waals surface area contributed by atoms with Crippen LogP contribution < -0.4 is 9.80 Å². The molecule has 1 fully saturated rings. The van der Waals surface area contributed by atoms with Gasteiger partial charge in [-0.15, -0.1) is 0 Å². The van der Waals surface area contributed by atoms with Gasteiger partial charge in [-0.1, -0.05) is 23.7 Å². The number of halogens is 1. The molecule has 0 unspecified atom stereocenters. The fourth-order valence-electron chi connectivity index (χ4n) is 3.20. The molecule has 10 heteroatoms. The topological polar surface area (TPSA) is 93.2 Å². The highest BCUT2D eigenvalue weighted by Gasteiger charge is 2.21. The first kappa shape index (κ1) is 18.2. The fraction of sp³-hybridized carbons (Fsp3) is 0.278. The summed E-state index contributed by atoms with van der Waals surface area (Å²) in [5.74, 6) is 1.09. The lowest BCUT2D eigenvalue weighted by Crippen LogP contribution is -2.47. The SMILES string of the molecule is Cc1cc(N2CCN(c3ccccc3Cl)CC2)nc(-n2cc([N+](=O)[O-])cn2)n1. The summed E-state index contributed by atoms with van der Waals surface area (Å²) in [7, 11) is 0. The smallest absolute Gasteiger partial charge is 0.307 e. The molecule has 0 N–H and O–H groups in total. The van der Waals surface area contributed by atoms with Crippen LogP contribution in [0.1, 0.15) is 5.69 Å². The van der Waals surface area contributed by atoms with Gasteiger partial charge in [-0.05, 0) is 19.1 Å². The highest BCUT2D eigenvalue weighted by Crippen LogP contribution is 2.27. The van der Waals surface area contributed by atoms with Crippen molar-refractivity contribution in [2.24, 2.45) is 0 Å². The van der Waals surface area contributed by atoms with Gasteiger partial charge in [-0.2, -0.15) is 14.8 Å². The summed E-state index contributed by atoms with van der Waals surface area (Å²) < 4.78 is 1.33. The Hall–Kier alpha value is -3.20. The molecule has 0 spiro atoms. The monoisotopic (exact) mass is 399 g/mol. The third kappa shape index (κ3) is 3.61. The van der Waals surface area contributed by atoms with Gasteiger partial charge < -0.3 is 9.80 Å². The van der Waals surface area contributed by atoms with Crippen LogP contribution >= 0.6 is 11.6 Å². The predicted molar refractivity (Wildman–Crippen MR) is 106 cm³/mol. The van der Waals surface area contributed by atoms with Gasteiger partial charge >= 0.3 is 5.69 Å². The van der Waals surface area contributed by atoms with Gasteiger partial charge in [0.1, 0.15) is 18.2 Å². The standard InChI is InChI=1S/C18H18ClN7O2/c1-13-10-17(22-18(21-13)25-12-14(11-20-25)26(27)28)24-8-6-23(7-9-24)16-5-3-2-4-15(16)19/h2-5,10-12H,6-9H2,1H3. The van der Waals surface area contributed by atoms with E-state index in [-0.39, 0.29) is 5.69 Å². The summed E-state index contributed by atoms with van der Waals surface area (Å²) in [5, 5.41) is 15.6. The molecule has 0 bridgehead atoms. The number of nitro groups is 1. The molecule has 0 saturated carbocycles. The number of piperazine rings is 1. The minimum Gasteiger partial charge on any atom is -0.367 e. The van der Waals surface area contributed by atoms with Crippen molar-refractivity contribution in [1.82, 2.24) is 19.7 Å². The van der Waals surface area contributed by atoms with E-state index in [9.17, 15) is 10.1 Å². The van der Waals surface area contributed by atoms with Crippen LogP contribution in [0.5, 0.6) is 0 Å². The molecule has 144 valence electrons. The molecule has 28 heavy (non-hydrogen) atoms. The molecule has 0 amide bonds.